The van der Waals surface area contributed by atoms with Crippen LogP contribution in [0, 0.1) is 5.82 Å². The predicted octanol–water partition coefficient (Wildman–Crippen LogP) is 2.38. The summed E-state index contributed by atoms with van der Waals surface area (Å²) in [6.07, 6.45) is 1.29. The number of primary amides is 1. The van der Waals surface area contributed by atoms with Crippen molar-refractivity contribution < 1.29 is 18.8 Å². The minimum Gasteiger partial charge on any atom is -0.364 e. The van der Waals surface area contributed by atoms with E-state index in [1.165, 1.54) is 30.1 Å². The van der Waals surface area contributed by atoms with Crippen molar-refractivity contribution in [3.63, 3.8) is 0 Å². The van der Waals surface area contributed by atoms with Crippen LogP contribution in [0.25, 0.3) is 5.69 Å². The maximum atomic E-state index is 13.9. The molecular weight excluding hydrogens is 401 g/mol. The molecule has 0 atom stereocenters. The summed E-state index contributed by atoms with van der Waals surface area (Å²) in [6, 6.07) is 10.00. The minimum absolute atomic E-state index is 0.0793. The molecule has 4 N–H and O–H groups in total. The first-order valence-corrected chi connectivity index (χ1v) is 8.65. The number of aromatic nitrogens is 2. The molecule has 10 heteroatoms. The smallest absolute Gasteiger partial charge is 0.272 e. The summed E-state index contributed by atoms with van der Waals surface area (Å²) in [5.41, 5.74) is 5.93. The maximum absolute atomic E-state index is 13.9. The number of rotatable bonds is 5. The molecule has 0 aliphatic heterocycles. The predicted molar refractivity (Wildman–Crippen MR) is 105 cm³/mol. The van der Waals surface area contributed by atoms with Crippen molar-refractivity contribution in [2.75, 3.05) is 12.4 Å². The Morgan fingerprint density at radius 1 is 1.10 bits per heavy atom. The van der Waals surface area contributed by atoms with Gasteiger partial charge in [-0.3, -0.25) is 19.0 Å². The molecule has 0 spiro atoms. The summed E-state index contributed by atoms with van der Waals surface area (Å²) >= 11 is 5.69. The highest BCUT2D eigenvalue weighted by Gasteiger charge is 2.22. The Labute approximate surface area is 169 Å². The molecule has 0 saturated heterocycles. The molecule has 0 fully saturated rings. The Hall–Kier alpha value is -3.72. The third-order valence-corrected chi connectivity index (χ3v) is 4.26. The minimum atomic E-state index is -0.823. The van der Waals surface area contributed by atoms with Crippen LogP contribution in [-0.2, 0) is 0 Å². The van der Waals surface area contributed by atoms with Gasteiger partial charge in [0.05, 0.1) is 5.56 Å². The van der Waals surface area contributed by atoms with Gasteiger partial charge in [0, 0.05) is 23.4 Å². The molecule has 3 aromatic rings. The Bertz CT molecular complexity index is 1110. The number of halogens is 2. The van der Waals surface area contributed by atoms with E-state index < -0.39 is 23.5 Å². The Morgan fingerprint density at radius 2 is 1.79 bits per heavy atom. The van der Waals surface area contributed by atoms with E-state index in [0.717, 1.165) is 6.07 Å². The van der Waals surface area contributed by atoms with Crippen LogP contribution in [0.4, 0.5) is 10.1 Å². The summed E-state index contributed by atoms with van der Waals surface area (Å²) in [5.74, 6) is -2.75. The van der Waals surface area contributed by atoms with E-state index in [9.17, 15) is 18.8 Å². The molecular formula is C19H15ClFN5O3. The molecule has 3 rings (SSSR count). The van der Waals surface area contributed by atoms with Crippen molar-refractivity contribution in [1.29, 1.82) is 0 Å². The number of hydrogen-bond donors (Lipinski definition) is 3. The van der Waals surface area contributed by atoms with Crippen LogP contribution in [-0.4, -0.2) is 34.3 Å². The fraction of sp³-hybridized carbons (Fsp3) is 0.0526. The second kappa shape index (κ2) is 8.11. The average molecular weight is 416 g/mol. The molecule has 0 unspecified atom stereocenters. The highest BCUT2D eigenvalue weighted by atomic mass is 35.5. The van der Waals surface area contributed by atoms with E-state index in [1.54, 1.807) is 24.3 Å². The number of carbonyl (C=O) groups is 3. The lowest BCUT2D eigenvalue weighted by atomic mass is 10.2. The molecule has 2 aromatic carbocycles. The molecule has 148 valence electrons. The first-order chi connectivity index (χ1) is 13.8. The molecule has 0 radical (unpaired) electrons. The Kier molecular flexibility index (Phi) is 5.60. The molecule has 0 aliphatic rings. The molecule has 29 heavy (non-hydrogen) atoms. The van der Waals surface area contributed by atoms with Crippen LogP contribution in [0.5, 0.6) is 0 Å². The monoisotopic (exact) mass is 415 g/mol. The number of nitrogens with two attached hydrogens (primary N) is 1. The number of carbonyl (C=O) groups excluding carboxylic acids is 3. The fourth-order valence-corrected chi connectivity index (χ4v) is 2.80. The Morgan fingerprint density at radius 3 is 2.38 bits per heavy atom. The summed E-state index contributed by atoms with van der Waals surface area (Å²) in [6.45, 7) is 0. The van der Waals surface area contributed by atoms with Crippen LogP contribution in [0.2, 0.25) is 5.02 Å². The van der Waals surface area contributed by atoms with Gasteiger partial charge < -0.3 is 16.4 Å². The van der Waals surface area contributed by atoms with Gasteiger partial charge in [0.25, 0.3) is 17.7 Å². The van der Waals surface area contributed by atoms with E-state index in [-0.39, 0.29) is 22.0 Å². The second-order valence-corrected chi connectivity index (χ2v) is 6.32. The number of amides is 3. The highest BCUT2D eigenvalue weighted by molar-refractivity contribution is 6.30. The van der Waals surface area contributed by atoms with Crippen LogP contribution < -0.4 is 16.4 Å². The average Bonchev–Trinajstić information content (AvgIpc) is 3.13. The van der Waals surface area contributed by atoms with Gasteiger partial charge in [-0.05, 0) is 42.5 Å². The summed E-state index contributed by atoms with van der Waals surface area (Å²) < 4.78 is 15.2. The standard InChI is InChI=1S/C19H15ClFN5O3/c1-23-19(29)15-16(17(22)27)26(9-24-15)12-5-3-11(4-6-12)25-18(28)13-7-2-10(20)8-14(13)21/h2-9H,1H3,(H2,22,27)(H,23,29)(H,25,28). The fourth-order valence-electron chi connectivity index (χ4n) is 2.64. The number of anilines is 1. The van der Waals surface area contributed by atoms with Crippen LogP contribution in [0.15, 0.2) is 48.8 Å². The lowest BCUT2D eigenvalue weighted by Crippen LogP contribution is -2.25. The Balaban J connectivity index is 1.86. The number of benzene rings is 2. The van der Waals surface area contributed by atoms with Gasteiger partial charge in [-0.2, -0.15) is 0 Å². The van der Waals surface area contributed by atoms with Gasteiger partial charge in [0.1, 0.15) is 17.8 Å². The summed E-state index contributed by atoms with van der Waals surface area (Å²) in [7, 11) is 1.41. The van der Waals surface area contributed by atoms with E-state index in [0.29, 0.717) is 11.4 Å². The van der Waals surface area contributed by atoms with E-state index >= 15 is 0 Å². The SMILES string of the molecule is CNC(=O)c1ncn(-c2ccc(NC(=O)c3ccc(Cl)cc3F)cc2)c1C(N)=O. The highest BCUT2D eigenvalue weighted by Crippen LogP contribution is 2.20. The third-order valence-electron chi connectivity index (χ3n) is 4.02. The molecule has 0 bridgehead atoms. The maximum Gasteiger partial charge on any atom is 0.272 e. The molecule has 1 heterocycles. The second-order valence-electron chi connectivity index (χ2n) is 5.88. The van der Waals surface area contributed by atoms with E-state index in [1.807, 2.05) is 0 Å². The van der Waals surface area contributed by atoms with Crippen molar-refractivity contribution in [2.24, 2.45) is 5.73 Å². The first-order valence-electron chi connectivity index (χ1n) is 8.28. The molecule has 3 amide bonds. The van der Waals surface area contributed by atoms with Gasteiger partial charge in [0.15, 0.2) is 5.69 Å². The van der Waals surface area contributed by atoms with Gasteiger partial charge in [-0.15, -0.1) is 0 Å². The zero-order valence-electron chi connectivity index (χ0n) is 15.1. The van der Waals surface area contributed by atoms with E-state index in [2.05, 4.69) is 15.6 Å². The lowest BCUT2D eigenvalue weighted by molar-refractivity contribution is 0.0937. The van der Waals surface area contributed by atoms with E-state index in [4.69, 9.17) is 17.3 Å². The zero-order valence-corrected chi connectivity index (χ0v) is 15.8. The number of hydrogen-bond acceptors (Lipinski definition) is 4. The number of nitrogens with one attached hydrogen (secondary N) is 2. The number of nitrogens with zero attached hydrogens (tertiary/aromatic N) is 2. The topological polar surface area (TPSA) is 119 Å². The van der Waals surface area contributed by atoms with Crippen LogP contribution in [0.1, 0.15) is 31.3 Å². The van der Waals surface area contributed by atoms with Gasteiger partial charge in [0.2, 0.25) is 0 Å². The summed E-state index contributed by atoms with van der Waals surface area (Å²) in [5, 5.41) is 5.14. The van der Waals surface area contributed by atoms with Crippen molar-refractivity contribution >= 4 is 35.0 Å². The number of imidazole rings is 1. The molecule has 1 aromatic heterocycles. The van der Waals surface area contributed by atoms with Gasteiger partial charge >= 0.3 is 0 Å². The zero-order chi connectivity index (χ0) is 21.1. The molecule has 0 aliphatic carbocycles. The normalized spacial score (nSPS) is 10.4. The van der Waals surface area contributed by atoms with Crippen molar-refractivity contribution in [1.82, 2.24) is 14.9 Å². The quantitative estimate of drug-likeness (QED) is 0.592. The van der Waals surface area contributed by atoms with Crippen molar-refractivity contribution in [2.45, 2.75) is 0 Å². The third kappa shape index (κ3) is 4.09. The first kappa shape index (κ1) is 20.0. The molecule has 0 saturated carbocycles. The lowest BCUT2D eigenvalue weighted by Gasteiger charge is -2.10. The molecule has 8 nitrogen and oxygen atoms in total. The van der Waals surface area contributed by atoms with Gasteiger partial charge in [-0.25, -0.2) is 9.37 Å². The van der Waals surface area contributed by atoms with Gasteiger partial charge in [-0.1, -0.05) is 11.6 Å². The van der Waals surface area contributed by atoms with Crippen molar-refractivity contribution in [3.8, 4) is 5.69 Å². The summed E-state index contributed by atoms with van der Waals surface area (Å²) in [4.78, 5) is 39.8. The van der Waals surface area contributed by atoms with Crippen LogP contribution in [0.3, 0.4) is 0 Å². The van der Waals surface area contributed by atoms with Crippen LogP contribution >= 0.6 is 11.6 Å². The van der Waals surface area contributed by atoms with Crippen molar-refractivity contribution in [3.05, 3.63) is 76.6 Å². The largest absolute Gasteiger partial charge is 0.364 e.